The van der Waals surface area contributed by atoms with E-state index < -0.39 is 0 Å². The first-order valence-corrected chi connectivity index (χ1v) is 12.4. The van der Waals surface area contributed by atoms with E-state index in [2.05, 4.69) is 23.9 Å². The second kappa shape index (κ2) is 11.1. The van der Waals surface area contributed by atoms with Crippen molar-refractivity contribution in [2.75, 3.05) is 13.2 Å². The molecule has 4 rings (SSSR count). The smallest absolute Gasteiger partial charge is 0.291 e. The molecule has 0 atom stereocenters. The van der Waals surface area contributed by atoms with Crippen LogP contribution in [-0.4, -0.2) is 27.8 Å². The predicted molar refractivity (Wildman–Crippen MR) is 133 cm³/mol. The number of benzene rings is 2. The summed E-state index contributed by atoms with van der Waals surface area (Å²) < 4.78 is 13.6. The molecule has 2 heterocycles. The van der Waals surface area contributed by atoms with Crippen LogP contribution in [0.4, 0.5) is 0 Å². The lowest BCUT2D eigenvalue weighted by atomic mass is 10.2. The van der Waals surface area contributed by atoms with Crippen LogP contribution in [0.15, 0.2) is 53.3 Å². The minimum absolute atomic E-state index is 0.172. The normalized spacial score (nSPS) is 11.9. The summed E-state index contributed by atoms with van der Waals surface area (Å²) in [5.74, 6) is 2.14. The van der Waals surface area contributed by atoms with E-state index in [1.165, 1.54) is 15.9 Å². The highest BCUT2D eigenvalue weighted by Gasteiger charge is 2.13. The summed E-state index contributed by atoms with van der Waals surface area (Å²) in [5, 5.41) is 4.45. The fourth-order valence-electron chi connectivity index (χ4n) is 3.40. The Kier molecular flexibility index (Phi) is 7.73. The second-order valence-electron chi connectivity index (χ2n) is 7.87. The number of aromatic nitrogens is 3. The van der Waals surface area contributed by atoms with Gasteiger partial charge in [-0.3, -0.25) is 4.79 Å². The number of thiazole rings is 1. The van der Waals surface area contributed by atoms with Crippen LogP contribution in [0.1, 0.15) is 51.5 Å². The number of rotatable bonds is 11. The van der Waals surface area contributed by atoms with Crippen molar-refractivity contribution < 1.29 is 9.47 Å². The third-order valence-electron chi connectivity index (χ3n) is 5.27. The molecule has 0 fully saturated rings. The number of unbranched alkanes of at least 4 members (excludes halogenated alkanes) is 3. The van der Waals surface area contributed by atoms with Crippen molar-refractivity contribution in [2.45, 2.75) is 46.0 Å². The quantitative estimate of drug-likeness (QED) is 0.289. The molecule has 0 bridgehead atoms. The number of ether oxygens (including phenoxy) is 2. The zero-order chi connectivity index (χ0) is 23.0. The largest absolute Gasteiger partial charge is 0.494 e. The third-order valence-corrected chi connectivity index (χ3v) is 6.23. The van der Waals surface area contributed by atoms with Gasteiger partial charge in [-0.25, -0.2) is 0 Å². The summed E-state index contributed by atoms with van der Waals surface area (Å²) in [4.78, 5) is 18.1. The standard InChI is InChI=1S/C26H29N3O3S/c1-3-5-9-17-32-22-11-8-7-10-20(22)18-23-25(30)29-26(33-23)27-24(28-29)19-12-14-21(15-13-19)31-16-6-4-2/h7-8,10-15,18H,3-6,9,16-17H2,1-2H3. The maximum Gasteiger partial charge on any atom is 0.291 e. The molecule has 0 radical (unpaired) electrons. The van der Waals surface area contributed by atoms with Crippen molar-refractivity contribution in [2.24, 2.45) is 0 Å². The summed E-state index contributed by atoms with van der Waals surface area (Å²) in [7, 11) is 0. The number of hydrogen-bond donors (Lipinski definition) is 0. The monoisotopic (exact) mass is 463 g/mol. The average Bonchev–Trinajstić information content (AvgIpc) is 3.38. The molecule has 6 nitrogen and oxygen atoms in total. The van der Waals surface area contributed by atoms with Gasteiger partial charge < -0.3 is 9.47 Å². The van der Waals surface area contributed by atoms with Crippen LogP contribution in [0.5, 0.6) is 11.5 Å². The van der Waals surface area contributed by atoms with Crippen molar-refractivity contribution in [3.8, 4) is 22.9 Å². The van der Waals surface area contributed by atoms with Gasteiger partial charge in [0.25, 0.3) is 5.56 Å². The Morgan fingerprint density at radius 2 is 1.70 bits per heavy atom. The van der Waals surface area contributed by atoms with Crippen LogP contribution in [0, 0.1) is 0 Å². The average molecular weight is 464 g/mol. The molecule has 0 amide bonds. The summed E-state index contributed by atoms with van der Waals surface area (Å²) >= 11 is 1.33. The van der Waals surface area contributed by atoms with Crippen LogP contribution in [0.2, 0.25) is 0 Å². The van der Waals surface area contributed by atoms with Crippen molar-refractivity contribution in [1.82, 2.24) is 14.6 Å². The molecule has 0 saturated heterocycles. The van der Waals surface area contributed by atoms with Gasteiger partial charge in [-0.15, -0.1) is 5.10 Å². The Labute approximate surface area is 197 Å². The molecule has 7 heteroatoms. The molecule has 2 aromatic carbocycles. The van der Waals surface area contributed by atoms with Crippen molar-refractivity contribution in [1.29, 1.82) is 0 Å². The van der Waals surface area contributed by atoms with Gasteiger partial charge >= 0.3 is 0 Å². The molecule has 0 N–H and O–H groups in total. The zero-order valence-electron chi connectivity index (χ0n) is 19.1. The fraction of sp³-hybridized carbons (Fsp3) is 0.346. The fourth-order valence-corrected chi connectivity index (χ4v) is 4.30. The van der Waals surface area contributed by atoms with Crippen LogP contribution >= 0.6 is 11.3 Å². The maximum atomic E-state index is 13.0. The summed E-state index contributed by atoms with van der Waals surface area (Å²) in [6, 6.07) is 15.4. The molecular weight excluding hydrogens is 434 g/mol. The van der Waals surface area contributed by atoms with E-state index in [4.69, 9.17) is 9.47 Å². The van der Waals surface area contributed by atoms with Crippen LogP contribution < -0.4 is 19.6 Å². The lowest BCUT2D eigenvalue weighted by Crippen LogP contribution is -2.23. The molecule has 0 aliphatic carbocycles. The van der Waals surface area contributed by atoms with Gasteiger partial charge in [0.2, 0.25) is 4.96 Å². The third kappa shape index (κ3) is 5.60. The van der Waals surface area contributed by atoms with Gasteiger partial charge in [0.15, 0.2) is 5.82 Å². The van der Waals surface area contributed by atoms with E-state index in [1.54, 1.807) is 0 Å². The molecule has 172 valence electrons. The topological polar surface area (TPSA) is 65.7 Å². The van der Waals surface area contributed by atoms with Crippen LogP contribution in [-0.2, 0) is 0 Å². The second-order valence-corrected chi connectivity index (χ2v) is 8.87. The Morgan fingerprint density at radius 3 is 2.45 bits per heavy atom. The van der Waals surface area contributed by atoms with Gasteiger partial charge in [0, 0.05) is 11.1 Å². The first-order valence-electron chi connectivity index (χ1n) is 11.6. The summed E-state index contributed by atoms with van der Waals surface area (Å²) in [6.45, 7) is 5.68. The molecule has 0 aliphatic heterocycles. The maximum absolute atomic E-state index is 13.0. The van der Waals surface area contributed by atoms with Gasteiger partial charge in [0.05, 0.1) is 17.7 Å². The highest BCUT2D eigenvalue weighted by Crippen LogP contribution is 2.22. The number of hydrogen-bond acceptors (Lipinski definition) is 6. The molecule has 4 aromatic rings. The molecule has 0 spiro atoms. The van der Waals surface area contributed by atoms with Gasteiger partial charge in [0.1, 0.15) is 11.5 Å². The molecular formula is C26H29N3O3S. The van der Waals surface area contributed by atoms with Gasteiger partial charge in [-0.1, -0.05) is 62.6 Å². The highest BCUT2D eigenvalue weighted by molar-refractivity contribution is 7.15. The summed E-state index contributed by atoms with van der Waals surface area (Å²) in [5.41, 5.74) is 1.56. The Hall–Kier alpha value is -3.19. The van der Waals surface area contributed by atoms with Crippen molar-refractivity contribution in [3.63, 3.8) is 0 Å². The zero-order valence-corrected chi connectivity index (χ0v) is 19.9. The lowest BCUT2D eigenvalue weighted by molar-refractivity contribution is 0.305. The van der Waals surface area contributed by atoms with E-state index in [0.29, 0.717) is 28.5 Å². The van der Waals surface area contributed by atoms with E-state index in [1.807, 2.05) is 54.6 Å². The number of para-hydroxylation sites is 1. The van der Waals surface area contributed by atoms with Crippen LogP contribution in [0.3, 0.4) is 0 Å². The van der Waals surface area contributed by atoms with E-state index >= 15 is 0 Å². The molecule has 0 aliphatic rings. The SMILES string of the molecule is CCCCCOc1ccccc1C=c1sc2nc(-c3ccc(OCCCC)cc3)nn2c1=O. The molecule has 2 aromatic heterocycles. The van der Waals surface area contributed by atoms with E-state index in [-0.39, 0.29) is 5.56 Å². The lowest BCUT2D eigenvalue weighted by Gasteiger charge is -2.08. The van der Waals surface area contributed by atoms with Crippen molar-refractivity contribution in [3.05, 3.63) is 69.0 Å². The molecule has 0 saturated carbocycles. The van der Waals surface area contributed by atoms with Gasteiger partial charge in [-0.2, -0.15) is 9.50 Å². The first-order chi connectivity index (χ1) is 16.2. The van der Waals surface area contributed by atoms with E-state index in [9.17, 15) is 4.79 Å². The number of fused-ring (bicyclic) bond motifs is 1. The van der Waals surface area contributed by atoms with Crippen LogP contribution in [0.25, 0.3) is 22.4 Å². The van der Waals surface area contributed by atoms with Gasteiger partial charge in [-0.05, 0) is 49.2 Å². The number of nitrogens with zero attached hydrogens (tertiary/aromatic N) is 3. The first kappa shape index (κ1) is 23.0. The molecule has 0 unspecified atom stereocenters. The van der Waals surface area contributed by atoms with E-state index in [0.717, 1.165) is 54.7 Å². The molecule has 33 heavy (non-hydrogen) atoms. The minimum atomic E-state index is -0.172. The highest BCUT2D eigenvalue weighted by atomic mass is 32.1. The Balaban J connectivity index is 1.55. The summed E-state index contributed by atoms with van der Waals surface area (Å²) in [6.07, 6.45) is 7.30. The predicted octanol–water partition coefficient (Wildman–Crippen LogP) is 5.11. The Morgan fingerprint density at radius 1 is 0.939 bits per heavy atom. The minimum Gasteiger partial charge on any atom is -0.494 e. The Bertz CT molecular complexity index is 1290. The van der Waals surface area contributed by atoms with Crippen molar-refractivity contribution >= 4 is 22.4 Å².